The van der Waals surface area contributed by atoms with E-state index in [1.54, 1.807) is 6.07 Å². The molecule has 1 rings (SSSR count). The number of amides is 3. The van der Waals surface area contributed by atoms with Crippen molar-refractivity contribution in [2.24, 2.45) is 5.73 Å². The van der Waals surface area contributed by atoms with Gasteiger partial charge < -0.3 is 5.73 Å². The maximum Gasteiger partial charge on any atom is 0.350 e. The Morgan fingerprint density at radius 3 is 2.62 bits per heavy atom. The molecule has 0 atom stereocenters. The van der Waals surface area contributed by atoms with E-state index in [4.69, 9.17) is 0 Å². The van der Waals surface area contributed by atoms with Crippen LogP contribution in [0.4, 0.5) is 9.28 Å². The fourth-order valence-corrected chi connectivity index (χ4v) is 0.690. The molecule has 1 aromatic heterocycles. The second-order valence-electron chi connectivity index (χ2n) is 2.14. The maximum atomic E-state index is 12.6. The molecule has 1 heterocycles. The van der Waals surface area contributed by atoms with Crippen molar-refractivity contribution in [2.75, 3.05) is 0 Å². The molecule has 0 radical (unpaired) electrons. The number of imide groups is 1. The molecule has 0 spiro atoms. The smallest absolute Gasteiger partial charge is 0.349 e. The molecule has 0 fully saturated rings. The zero-order chi connectivity index (χ0) is 9.84. The van der Waals surface area contributed by atoms with Crippen molar-refractivity contribution in [2.45, 2.75) is 0 Å². The van der Waals surface area contributed by atoms with E-state index in [1.807, 2.05) is 0 Å². The summed E-state index contributed by atoms with van der Waals surface area (Å²) in [6, 6.07) is 2.87. The lowest BCUT2D eigenvalue weighted by Gasteiger charge is -2.04. The first-order valence-corrected chi connectivity index (χ1v) is 3.33. The Bertz CT molecular complexity index is 328. The number of halogens is 1. The minimum Gasteiger partial charge on any atom is -0.349 e. The standard InChI is InChI=1S/C7H6FN3O2/c8-11(7(9)13)6(12)5-3-1-2-4-10-5/h1-4H,(H2,9,13). The first-order chi connectivity index (χ1) is 6.13. The summed E-state index contributed by atoms with van der Waals surface area (Å²) < 4.78 is 12.6. The number of rotatable bonds is 1. The Morgan fingerprint density at radius 1 is 1.46 bits per heavy atom. The molecule has 13 heavy (non-hydrogen) atoms. The number of urea groups is 1. The van der Waals surface area contributed by atoms with Crippen LogP contribution in [0, 0.1) is 0 Å². The molecule has 0 saturated heterocycles. The van der Waals surface area contributed by atoms with Crippen LogP contribution in [-0.2, 0) is 0 Å². The number of nitrogens with two attached hydrogens (primary N) is 1. The van der Waals surface area contributed by atoms with E-state index in [2.05, 4.69) is 10.7 Å². The first-order valence-electron chi connectivity index (χ1n) is 3.33. The predicted molar refractivity (Wildman–Crippen MR) is 41.1 cm³/mol. The zero-order valence-electron chi connectivity index (χ0n) is 6.48. The Balaban J connectivity index is 2.86. The summed E-state index contributed by atoms with van der Waals surface area (Å²) in [7, 11) is 0. The average Bonchev–Trinajstić information content (AvgIpc) is 2.17. The van der Waals surface area contributed by atoms with Crippen molar-refractivity contribution >= 4 is 11.9 Å². The first kappa shape index (κ1) is 9.11. The fraction of sp³-hybridized carbons (Fsp3) is 0. The third-order valence-corrected chi connectivity index (χ3v) is 1.26. The number of carbonyl (C=O) groups is 2. The van der Waals surface area contributed by atoms with Gasteiger partial charge in [0.25, 0.3) is 0 Å². The molecule has 0 bridgehead atoms. The lowest BCUT2D eigenvalue weighted by atomic mass is 10.3. The van der Waals surface area contributed by atoms with Crippen LogP contribution in [0.2, 0.25) is 0 Å². The minimum atomic E-state index is -1.46. The molecular formula is C7H6FN3O2. The van der Waals surface area contributed by atoms with Crippen LogP contribution in [0.25, 0.3) is 0 Å². The van der Waals surface area contributed by atoms with Gasteiger partial charge in [-0.05, 0) is 12.1 Å². The van der Waals surface area contributed by atoms with Crippen molar-refractivity contribution in [1.29, 1.82) is 0 Å². The Morgan fingerprint density at radius 2 is 2.15 bits per heavy atom. The van der Waals surface area contributed by atoms with Crippen LogP contribution in [0.15, 0.2) is 24.4 Å². The van der Waals surface area contributed by atoms with Crippen LogP contribution in [0.3, 0.4) is 0 Å². The van der Waals surface area contributed by atoms with E-state index in [0.29, 0.717) is 0 Å². The SMILES string of the molecule is NC(=O)N(F)C(=O)c1ccccn1. The predicted octanol–water partition coefficient (Wildman–Crippen LogP) is 0.487. The summed E-state index contributed by atoms with van der Waals surface area (Å²) in [5.41, 5.74) is 4.36. The van der Waals surface area contributed by atoms with Gasteiger partial charge >= 0.3 is 11.9 Å². The van der Waals surface area contributed by atoms with E-state index in [0.717, 1.165) is 0 Å². The number of pyridine rings is 1. The Labute approximate surface area is 72.9 Å². The topological polar surface area (TPSA) is 76.3 Å². The molecular weight excluding hydrogens is 177 g/mol. The highest BCUT2D eigenvalue weighted by molar-refractivity contribution is 6.01. The van der Waals surface area contributed by atoms with Gasteiger partial charge in [0.15, 0.2) is 0 Å². The molecule has 5 nitrogen and oxygen atoms in total. The van der Waals surface area contributed by atoms with Crippen LogP contribution in [0.1, 0.15) is 10.5 Å². The molecule has 0 unspecified atom stereocenters. The summed E-state index contributed by atoms with van der Waals surface area (Å²) in [6.45, 7) is 0. The van der Waals surface area contributed by atoms with Crippen molar-refractivity contribution in [3.8, 4) is 0 Å². The quantitative estimate of drug-likeness (QED) is 0.643. The maximum absolute atomic E-state index is 12.6. The number of hydrogen-bond acceptors (Lipinski definition) is 3. The highest BCUT2D eigenvalue weighted by atomic mass is 19.2. The monoisotopic (exact) mass is 183 g/mol. The van der Waals surface area contributed by atoms with Crippen molar-refractivity contribution in [3.05, 3.63) is 30.1 Å². The molecule has 0 aliphatic heterocycles. The van der Waals surface area contributed by atoms with Crippen molar-refractivity contribution in [3.63, 3.8) is 0 Å². The fourth-order valence-electron chi connectivity index (χ4n) is 0.690. The van der Waals surface area contributed by atoms with Crippen molar-refractivity contribution < 1.29 is 14.1 Å². The highest BCUT2D eigenvalue weighted by Gasteiger charge is 2.20. The number of carbonyl (C=O) groups excluding carboxylic acids is 2. The summed E-state index contributed by atoms with van der Waals surface area (Å²) in [6.07, 6.45) is 1.31. The van der Waals surface area contributed by atoms with Gasteiger partial charge in [-0.1, -0.05) is 15.7 Å². The van der Waals surface area contributed by atoms with E-state index in [-0.39, 0.29) is 5.69 Å². The van der Waals surface area contributed by atoms with Gasteiger partial charge in [0.05, 0.1) is 0 Å². The molecule has 0 aliphatic carbocycles. The summed E-state index contributed by atoms with van der Waals surface area (Å²) in [5.74, 6) is -1.17. The zero-order valence-corrected chi connectivity index (χ0v) is 6.48. The molecule has 0 aliphatic rings. The molecule has 68 valence electrons. The molecule has 6 heteroatoms. The molecule has 0 aromatic carbocycles. The van der Waals surface area contributed by atoms with Gasteiger partial charge in [-0.3, -0.25) is 9.78 Å². The molecule has 0 saturated carbocycles. The van der Waals surface area contributed by atoms with Crippen LogP contribution in [0.5, 0.6) is 0 Å². The normalized spacial score (nSPS) is 9.31. The second-order valence-corrected chi connectivity index (χ2v) is 2.14. The molecule has 2 N–H and O–H groups in total. The van der Waals surface area contributed by atoms with Gasteiger partial charge in [0.1, 0.15) is 5.69 Å². The van der Waals surface area contributed by atoms with Gasteiger partial charge in [-0.15, -0.1) is 0 Å². The lowest BCUT2D eigenvalue weighted by molar-refractivity contribution is 0.0410. The Hall–Kier alpha value is -1.98. The number of hydrogen-bond donors (Lipinski definition) is 1. The molecule has 3 amide bonds. The lowest BCUT2D eigenvalue weighted by Crippen LogP contribution is -2.34. The van der Waals surface area contributed by atoms with E-state index in [9.17, 15) is 14.1 Å². The van der Waals surface area contributed by atoms with Crippen LogP contribution < -0.4 is 5.73 Å². The highest BCUT2D eigenvalue weighted by Crippen LogP contribution is 2.00. The minimum absolute atomic E-state index is 0.177. The number of aromatic nitrogens is 1. The Kier molecular flexibility index (Phi) is 2.53. The average molecular weight is 183 g/mol. The summed E-state index contributed by atoms with van der Waals surface area (Å²) >= 11 is 0. The third-order valence-electron chi connectivity index (χ3n) is 1.26. The summed E-state index contributed by atoms with van der Waals surface area (Å²) in [4.78, 5) is 24.8. The summed E-state index contributed by atoms with van der Waals surface area (Å²) in [5, 5.41) is -0.692. The van der Waals surface area contributed by atoms with E-state index >= 15 is 0 Å². The van der Waals surface area contributed by atoms with Gasteiger partial charge in [0, 0.05) is 6.20 Å². The van der Waals surface area contributed by atoms with E-state index < -0.39 is 17.1 Å². The van der Waals surface area contributed by atoms with Gasteiger partial charge in [-0.2, -0.15) is 0 Å². The van der Waals surface area contributed by atoms with Gasteiger partial charge in [0.2, 0.25) is 0 Å². The van der Waals surface area contributed by atoms with Crippen LogP contribution in [-0.4, -0.2) is 22.0 Å². The largest absolute Gasteiger partial charge is 0.350 e. The van der Waals surface area contributed by atoms with Crippen LogP contribution >= 0.6 is 0 Å². The van der Waals surface area contributed by atoms with Crippen molar-refractivity contribution in [1.82, 2.24) is 10.1 Å². The molecule has 1 aromatic rings. The third kappa shape index (κ3) is 1.98. The van der Waals surface area contributed by atoms with E-state index in [1.165, 1.54) is 18.3 Å². The second kappa shape index (κ2) is 3.61. The number of primary amides is 1. The number of nitrogens with zero attached hydrogens (tertiary/aromatic N) is 2. The van der Waals surface area contributed by atoms with Gasteiger partial charge in [-0.25, -0.2) is 4.79 Å².